The predicted octanol–water partition coefficient (Wildman–Crippen LogP) is 3.93. The van der Waals surface area contributed by atoms with Gasteiger partial charge < -0.3 is 14.4 Å². The van der Waals surface area contributed by atoms with Crippen LogP contribution in [0.25, 0.3) is 0 Å². The van der Waals surface area contributed by atoms with E-state index in [4.69, 9.17) is 9.47 Å². The van der Waals surface area contributed by atoms with E-state index in [2.05, 4.69) is 4.98 Å². The number of nitrogens with zero attached hydrogens (tertiary/aromatic N) is 2. The fourth-order valence-corrected chi connectivity index (χ4v) is 2.43. The van der Waals surface area contributed by atoms with Crippen LogP contribution >= 0.6 is 0 Å². The van der Waals surface area contributed by atoms with Gasteiger partial charge in [0.2, 0.25) is 0 Å². The van der Waals surface area contributed by atoms with Crippen molar-refractivity contribution in [3.63, 3.8) is 0 Å². The lowest BCUT2D eigenvalue weighted by atomic mass is 9.95. The molecule has 2 rings (SSSR count). The minimum absolute atomic E-state index is 0.0780. The maximum atomic E-state index is 14.5. The molecule has 0 spiro atoms. The van der Waals surface area contributed by atoms with Crippen LogP contribution < -0.4 is 14.4 Å². The number of halogens is 1. The van der Waals surface area contributed by atoms with Gasteiger partial charge >= 0.3 is 0 Å². The lowest BCUT2D eigenvalue weighted by Crippen LogP contribution is -2.38. The first-order chi connectivity index (χ1) is 11.8. The molecule has 0 aliphatic carbocycles. The third kappa shape index (κ3) is 4.47. The van der Waals surface area contributed by atoms with Crippen molar-refractivity contribution in [1.82, 2.24) is 4.98 Å². The van der Waals surface area contributed by atoms with Crippen molar-refractivity contribution in [2.75, 3.05) is 25.7 Å². The monoisotopic (exact) mass is 346 g/mol. The van der Waals surface area contributed by atoms with E-state index in [1.165, 1.54) is 25.2 Å². The van der Waals surface area contributed by atoms with Crippen molar-refractivity contribution in [2.24, 2.45) is 5.41 Å². The summed E-state index contributed by atoms with van der Waals surface area (Å²) in [4.78, 5) is 18.7. The zero-order valence-corrected chi connectivity index (χ0v) is 15.2. The highest BCUT2D eigenvalue weighted by Crippen LogP contribution is 2.32. The number of ether oxygens (including phenoxy) is 2. The fourth-order valence-electron chi connectivity index (χ4n) is 2.43. The number of amides is 1. The highest BCUT2D eigenvalue weighted by molar-refractivity contribution is 6.06. The van der Waals surface area contributed by atoms with E-state index in [1.54, 1.807) is 24.5 Å². The Balaban J connectivity index is 2.50. The number of methoxy groups -OCH3 is 2. The molecule has 0 radical (unpaired) electrons. The lowest BCUT2D eigenvalue weighted by Gasteiger charge is -2.30. The van der Waals surface area contributed by atoms with Crippen molar-refractivity contribution in [3.05, 3.63) is 48.0 Å². The largest absolute Gasteiger partial charge is 0.493 e. The zero-order chi connectivity index (χ0) is 18.6. The summed E-state index contributed by atoms with van der Waals surface area (Å²) in [5.74, 6) is -0.582. The Morgan fingerprint density at radius 2 is 1.84 bits per heavy atom. The minimum atomic E-state index is -0.662. The summed E-state index contributed by atoms with van der Waals surface area (Å²) in [5.41, 5.74) is 0.348. The fraction of sp³-hybridized carbons (Fsp3) is 0.368. The molecule has 0 atom stereocenters. The Labute approximate surface area is 147 Å². The van der Waals surface area contributed by atoms with E-state index >= 15 is 0 Å². The smallest absolute Gasteiger partial charge is 0.261 e. The molecule has 2 aromatic rings. The summed E-state index contributed by atoms with van der Waals surface area (Å²) in [6.45, 7) is 6.43. The molecule has 1 aromatic heterocycles. The van der Waals surface area contributed by atoms with Gasteiger partial charge in [-0.1, -0.05) is 20.8 Å². The van der Waals surface area contributed by atoms with Gasteiger partial charge in [-0.25, -0.2) is 4.39 Å². The van der Waals surface area contributed by atoms with E-state index in [0.717, 1.165) is 6.07 Å². The number of pyridine rings is 1. The Morgan fingerprint density at radius 1 is 1.20 bits per heavy atom. The third-order valence-electron chi connectivity index (χ3n) is 3.54. The van der Waals surface area contributed by atoms with Crippen molar-refractivity contribution in [2.45, 2.75) is 20.8 Å². The van der Waals surface area contributed by atoms with Crippen molar-refractivity contribution in [3.8, 4) is 11.5 Å². The Kier molecular flexibility index (Phi) is 5.62. The van der Waals surface area contributed by atoms with Crippen molar-refractivity contribution >= 4 is 11.6 Å². The van der Waals surface area contributed by atoms with E-state index in [0.29, 0.717) is 18.0 Å². The standard InChI is InChI=1S/C19H23FN2O3/c1-19(2,3)12-22(13-7-6-8-21-11-13)18(23)14-9-16(24-4)17(25-5)10-15(14)20/h6-11H,12H2,1-5H3. The predicted molar refractivity (Wildman–Crippen MR) is 94.9 cm³/mol. The molecule has 0 aliphatic rings. The maximum Gasteiger partial charge on any atom is 0.261 e. The molecule has 0 unspecified atom stereocenters. The third-order valence-corrected chi connectivity index (χ3v) is 3.54. The summed E-state index contributed by atoms with van der Waals surface area (Å²) >= 11 is 0. The molecule has 1 amide bonds. The first-order valence-corrected chi connectivity index (χ1v) is 7.90. The number of carbonyl (C=O) groups is 1. The molecule has 0 saturated carbocycles. The Morgan fingerprint density at radius 3 is 2.36 bits per heavy atom. The zero-order valence-electron chi connectivity index (χ0n) is 15.2. The van der Waals surface area contributed by atoms with Gasteiger partial charge in [-0.15, -0.1) is 0 Å². The van der Waals surface area contributed by atoms with Gasteiger partial charge in [-0.05, 0) is 23.6 Å². The van der Waals surface area contributed by atoms with Gasteiger partial charge in [0.15, 0.2) is 11.5 Å². The van der Waals surface area contributed by atoms with Crippen LogP contribution in [0.3, 0.4) is 0 Å². The number of carbonyl (C=O) groups excluding carboxylic acids is 1. The Bertz CT molecular complexity index is 742. The van der Waals surface area contributed by atoms with E-state index in [-0.39, 0.29) is 16.7 Å². The average molecular weight is 346 g/mol. The molecule has 134 valence electrons. The number of aromatic nitrogens is 1. The Hall–Kier alpha value is -2.63. The quantitative estimate of drug-likeness (QED) is 0.823. The molecular weight excluding hydrogens is 323 g/mol. The highest BCUT2D eigenvalue weighted by Gasteiger charge is 2.27. The molecule has 1 heterocycles. The second-order valence-electron chi connectivity index (χ2n) is 6.85. The molecule has 0 N–H and O–H groups in total. The first-order valence-electron chi connectivity index (χ1n) is 7.90. The van der Waals surface area contributed by atoms with Crippen molar-refractivity contribution in [1.29, 1.82) is 0 Å². The number of hydrogen-bond acceptors (Lipinski definition) is 4. The molecule has 6 heteroatoms. The number of anilines is 1. The van der Waals surface area contributed by atoms with Gasteiger partial charge in [-0.2, -0.15) is 0 Å². The SMILES string of the molecule is COc1cc(F)c(C(=O)N(CC(C)(C)C)c2cccnc2)cc1OC. The van der Waals surface area contributed by atoms with Crippen LogP contribution in [0.4, 0.5) is 10.1 Å². The van der Waals surface area contributed by atoms with Crippen LogP contribution in [0.5, 0.6) is 11.5 Å². The van der Waals surface area contributed by atoms with Crippen LogP contribution in [-0.4, -0.2) is 31.7 Å². The summed E-state index contributed by atoms with van der Waals surface area (Å²) < 4.78 is 24.8. The second-order valence-corrected chi connectivity index (χ2v) is 6.85. The summed E-state index contributed by atoms with van der Waals surface area (Å²) in [5, 5.41) is 0. The van der Waals surface area contributed by atoms with Crippen LogP contribution in [0.15, 0.2) is 36.7 Å². The van der Waals surface area contributed by atoms with E-state index in [1.807, 2.05) is 20.8 Å². The number of rotatable bonds is 5. The molecule has 0 aliphatic heterocycles. The maximum absolute atomic E-state index is 14.5. The van der Waals surface area contributed by atoms with Gasteiger partial charge in [0, 0.05) is 18.8 Å². The molecular formula is C19H23FN2O3. The van der Waals surface area contributed by atoms with Crippen molar-refractivity contribution < 1.29 is 18.7 Å². The summed E-state index contributed by atoms with van der Waals surface area (Å²) in [6.07, 6.45) is 3.21. The highest BCUT2D eigenvalue weighted by atomic mass is 19.1. The summed E-state index contributed by atoms with van der Waals surface area (Å²) in [6, 6.07) is 6.03. The van der Waals surface area contributed by atoms with Gasteiger partial charge in [0.05, 0.1) is 31.7 Å². The molecule has 25 heavy (non-hydrogen) atoms. The minimum Gasteiger partial charge on any atom is -0.493 e. The van der Waals surface area contributed by atoms with Gasteiger partial charge in [0.25, 0.3) is 5.91 Å². The topological polar surface area (TPSA) is 51.7 Å². The van der Waals surface area contributed by atoms with E-state index < -0.39 is 11.7 Å². The van der Waals surface area contributed by atoms with E-state index in [9.17, 15) is 9.18 Å². The van der Waals surface area contributed by atoms with Crippen LogP contribution in [0.2, 0.25) is 0 Å². The molecule has 0 saturated heterocycles. The normalized spacial score (nSPS) is 11.1. The second kappa shape index (κ2) is 7.51. The first kappa shape index (κ1) is 18.7. The molecule has 1 aromatic carbocycles. The lowest BCUT2D eigenvalue weighted by molar-refractivity contribution is 0.0973. The average Bonchev–Trinajstić information content (AvgIpc) is 2.58. The van der Waals surface area contributed by atoms with Gasteiger partial charge in [-0.3, -0.25) is 9.78 Å². The summed E-state index contributed by atoms with van der Waals surface area (Å²) in [7, 11) is 2.86. The molecule has 5 nitrogen and oxygen atoms in total. The molecule has 0 fully saturated rings. The number of hydrogen-bond donors (Lipinski definition) is 0. The molecule has 0 bridgehead atoms. The van der Waals surface area contributed by atoms with Crippen LogP contribution in [0.1, 0.15) is 31.1 Å². The van der Waals surface area contributed by atoms with Crippen LogP contribution in [-0.2, 0) is 0 Å². The number of benzene rings is 1. The van der Waals surface area contributed by atoms with Crippen LogP contribution in [0, 0.1) is 11.2 Å². The van der Waals surface area contributed by atoms with Gasteiger partial charge in [0.1, 0.15) is 5.82 Å².